The van der Waals surface area contributed by atoms with Crippen molar-refractivity contribution < 1.29 is 40.8 Å². The van der Waals surface area contributed by atoms with Crippen LogP contribution in [0.4, 0.5) is 28.6 Å². The highest BCUT2D eigenvalue weighted by atomic mass is 35.5. The predicted molar refractivity (Wildman–Crippen MR) is 481 cm³/mol. The fraction of sp³-hybridized carbons (Fsp3) is 0.178. The first-order valence-corrected chi connectivity index (χ1v) is 43.2. The maximum atomic E-state index is 12.9. The van der Waals surface area contributed by atoms with Crippen LogP contribution in [0.3, 0.4) is 0 Å². The molecule has 26 nitrogen and oxygen atoms in total. The van der Waals surface area contributed by atoms with E-state index >= 15 is 0 Å². The Kier molecular flexibility index (Phi) is 32.3. The molecule has 1 aliphatic heterocycles. The zero-order valence-electron chi connectivity index (χ0n) is 67.0. The lowest BCUT2D eigenvalue weighted by Crippen LogP contribution is -2.44. The van der Waals surface area contributed by atoms with E-state index in [1.54, 1.807) is 110 Å². The summed E-state index contributed by atoms with van der Waals surface area (Å²) in [6, 6.07) is 61.4. The molecular formula is C90H87Cl4N17O9S2. The monoisotopic (exact) mass is 1750 g/mol. The van der Waals surface area contributed by atoms with Gasteiger partial charge in [0.25, 0.3) is 29.5 Å². The summed E-state index contributed by atoms with van der Waals surface area (Å²) in [7, 11) is -5.12. The maximum absolute atomic E-state index is 12.9. The number of nitrogens with one attached hydrogen (secondary N) is 7. The number of amides is 5. The summed E-state index contributed by atoms with van der Waals surface area (Å²) in [5.74, 6) is -0.250. The first-order chi connectivity index (χ1) is 58.8. The number of likely N-dealkylation sites (N-methyl/N-ethyl adjacent to an activating group) is 1. The minimum absolute atomic E-state index is 0.0932. The lowest BCUT2D eigenvalue weighted by molar-refractivity contribution is 0.0940. The van der Waals surface area contributed by atoms with Gasteiger partial charge in [0.2, 0.25) is 20.0 Å². The number of nitrogens with zero attached hydrogens (tertiary/aromatic N) is 10. The Hall–Kier alpha value is -12.5. The average Bonchev–Trinajstić information content (AvgIpc) is 0.970. The summed E-state index contributed by atoms with van der Waals surface area (Å²) in [4.78, 5) is 97.4. The number of aromatic nitrogens is 8. The molecule has 32 heteroatoms. The molecule has 8 heterocycles. The third-order valence-electron chi connectivity index (χ3n) is 18.6. The predicted octanol–water partition coefficient (Wildman–Crippen LogP) is 17.1. The third-order valence-corrected chi connectivity index (χ3v) is 22.8. The van der Waals surface area contributed by atoms with Gasteiger partial charge >= 0.3 is 0 Å². The van der Waals surface area contributed by atoms with E-state index < -0.39 is 20.0 Å². The van der Waals surface area contributed by atoms with E-state index in [1.807, 2.05) is 129 Å². The van der Waals surface area contributed by atoms with Gasteiger partial charge in [-0.2, -0.15) is 0 Å². The van der Waals surface area contributed by atoms with Crippen LogP contribution in [0.15, 0.2) is 278 Å². The zero-order chi connectivity index (χ0) is 86.7. The SMILES string of the molecule is CC(C)CNC(=O)c1ccc(C(=O)Nc2ccc(Cl)c(-c3ccccn3)c2)cn1.CCCNS(=O)(=O)c1ccc(C(=O)Nc2ccc(Cl)c(-c3ccccn3)c2)cc1.Cc1nc(N2CCN(C)CC2)ccc1C(=O)Nc1ccc(Cl)c(-c2ccccn2)c1.O=C(Nc1ccc(Cl)c(-c2ccccn2)c1)c1ccc(S(=O)(=O)NCCCn2ccnc2)cc1. The Morgan fingerprint density at radius 1 is 0.451 bits per heavy atom. The van der Waals surface area contributed by atoms with Crippen molar-refractivity contribution in [3.05, 3.63) is 322 Å². The normalized spacial score (nSPS) is 11.9. The number of halogens is 4. The number of hydrogen-bond acceptors (Lipinski definition) is 18. The molecule has 0 unspecified atom stereocenters. The van der Waals surface area contributed by atoms with Gasteiger partial charge < -0.3 is 41.0 Å². The Morgan fingerprint density at radius 3 is 1.23 bits per heavy atom. The van der Waals surface area contributed by atoms with E-state index in [4.69, 9.17) is 46.4 Å². The Balaban J connectivity index is 0.000000159. The highest BCUT2D eigenvalue weighted by Gasteiger charge is 2.22. The molecule has 0 aliphatic carbocycles. The van der Waals surface area contributed by atoms with Gasteiger partial charge in [-0.25, -0.2) is 36.2 Å². The van der Waals surface area contributed by atoms with E-state index in [1.165, 1.54) is 60.8 Å². The van der Waals surface area contributed by atoms with Gasteiger partial charge in [-0.1, -0.05) is 91.4 Å². The zero-order valence-corrected chi connectivity index (χ0v) is 71.7. The Bertz CT molecular complexity index is 5980. The van der Waals surface area contributed by atoms with Crippen LogP contribution in [0.5, 0.6) is 0 Å². The minimum atomic E-state index is -3.67. The molecule has 13 aromatic rings. The summed E-state index contributed by atoms with van der Waals surface area (Å²) >= 11 is 25.2. The van der Waals surface area contributed by atoms with Gasteiger partial charge in [0, 0.05) is 152 Å². The van der Waals surface area contributed by atoms with Crippen LogP contribution in [0.2, 0.25) is 20.1 Å². The molecule has 0 radical (unpaired) electrons. The molecule has 1 fully saturated rings. The van der Waals surface area contributed by atoms with Crippen LogP contribution < -0.4 is 40.9 Å². The summed E-state index contributed by atoms with van der Waals surface area (Å²) in [5, 5.41) is 16.3. The van der Waals surface area contributed by atoms with Crippen LogP contribution in [-0.2, 0) is 26.6 Å². The second-order valence-corrected chi connectivity index (χ2v) is 33.2. The molecule has 5 amide bonds. The number of aryl methyl sites for hydroxylation is 2. The largest absolute Gasteiger partial charge is 0.354 e. The number of rotatable bonds is 26. The standard InChI is InChI=1S/C24H22ClN5O3S.C23H24ClN5O.C22H21ClN4O2.C21H20ClN3O3S/c25-22-10-7-19(16-21(22)23-4-1-2-11-27-23)29-24(31)18-5-8-20(9-6-18)34(32,33)28-12-3-14-30-15-13-26-17-30;1-16-18(7-9-22(26-16)29-13-11-28(2)12-14-29)23(30)27-17-6-8-20(24)19(15-17)21-5-3-4-10-25-21;1-14(2)12-26-22(29)20-9-6-15(13-25-20)21(28)27-16-7-8-18(23)17(11-16)19-5-3-4-10-24-19;1-2-12-24-29(27,28)17-9-6-15(7-10-17)21(26)25-16-8-11-19(22)18(14-16)20-5-3-4-13-23-20/h1-2,4-11,13,15-17,28H,3,12,14H2,(H,29,31);3-10,15H,11-14H2,1-2H3,(H,27,30);3-11,13-14H,12H2,1-2H3,(H,26,29)(H,27,28);3-11,13-14,24H,2,12H2,1H3,(H,25,26). The fourth-order valence-corrected chi connectivity index (χ4v) is 15.1. The number of hydrogen-bond donors (Lipinski definition) is 7. The average molecular weight is 1760 g/mol. The number of carbonyl (C=O) groups is 5. The van der Waals surface area contributed by atoms with Crippen molar-refractivity contribution in [3.8, 4) is 45.0 Å². The minimum Gasteiger partial charge on any atom is -0.354 e. The van der Waals surface area contributed by atoms with Crippen LogP contribution in [0.1, 0.15) is 91.2 Å². The Morgan fingerprint density at radius 2 is 0.861 bits per heavy atom. The van der Waals surface area contributed by atoms with E-state index in [0.717, 1.165) is 48.8 Å². The number of carbonyl (C=O) groups excluding carboxylic acids is 5. The van der Waals surface area contributed by atoms with E-state index in [2.05, 4.69) is 87.8 Å². The van der Waals surface area contributed by atoms with Crippen LogP contribution in [0, 0.1) is 12.8 Å². The number of sulfonamides is 2. The molecule has 1 saturated heterocycles. The molecule has 0 spiro atoms. The van der Waals surface area contributed by atoms with Crippen molar-refractivity contribution in [2.45, 2.75) is 56.9 Å². The lowest BCUT2D eigenvalue weighted by atomic mass is 10.1. The van der Waals surface area contributed by atoms with Crippen LogP contribution >= 0.6 is 46.4 Å². The summed E-state index contributed by atoms with van der Waals surface area (Å²) in [6.45, 7) is 13.6. The summed E-state index contributed by atoms with van der Waals surface area (Å²) in [6.07, 6.45) is 14.6. The van der Waals surface area contributed by atoms with Gasteiger partial charge in [-0.3, -0.25) is 48.9 Å². The van der Waals surface area contributed by atoms with Crippen molar-refractivity contribution in [2.75, 3.05) is 79.0 Å². The van der Waals surface area contributed by atoms with Crippen molar-refractivity contribution in [1.29, 1.82) is 0 Å². The van der Waals surface area contributed by atoms with Gasteiger partial charge in [-0.15, -0.1) is 0 Å². The van der Waals surface area contributed by atoms with Crippen molar-refractivity contribution >= 4 is 125 Å². The van der Waals surface area contributed by atoms with Gasteiger partial charge in [0.05, 0.1) is 75.8 Å². The molecule has 0 saturated carbocycles. The highest BCUT2D eigenvalue weighted by Crippen LogP contribution is 2.34. The first-order valence-electron chi connectivity index (χ1n) is 38.7. The smallest absolute Gasteiger partial charge is 0.269 e. The van der Waals surface area contributed by atoms with Gasteiger partial charge in [0.15, 0.2) is 0 Å². The first kappa shape index (κ1) is 90.3. The number of anilines is 5. The van der Waals surface area contributed by atoms with E-state index in [9.17, 15) is 40.8 Å². The molecule has 0 bridgehead atoms. The molecular weight excluding hydrogens is 1670 g/mol. The molecule has 7 aromatic heterocycles. The number of benzene rings is 6. The number of imidazole rings is 1. The molecule has 122 heavy (non-hydrogen) atoms. The molecule has 14 rings (SSSR count). The van der Waals surface area contributed by atoms with Crippen molar-refractivity contribution in [2.24, 2.45) is 5.92 Å². The molecule has 626 valence electrons. The second kappa shape index (κ2) is 43.7. The third kappa shape index (κ3) is 25.8. The summed E-state index contributed by atoms with van der Waals surface area (Å²) in [5.41, 5.74) is 10.7. The molecule has 6 aromatic carbocycles. The highest BCUT2D eigenvalue weighted by molar-refractivity contribution is 7.89. The number of piperazine rings is 1. The summed E-state index contributed by atoms with van der Waals surface area (Å²) < 4.78 is 56.3. The molecule has 0 atom stereocenters. The van der Waals surface area contributed by atoms with Crippen LogP contribution in [-0.4, -0.2) is 144 Å². The van der Waals surface area contributed by atoms with Gasteiger partial charge in [-0.05, 0) is 227 Å². The second-order valence-electron chi connectivity index (χ2n) is 28.1. The topological polar surface area (TPSA) is 339 Å². The van der Waals surface area contributed by atoms with Crippen LogP contribution in [0.25, 0.3) is 45.0 Å². The van der Waals surface area contributed by atoms with Crippen molar-refractivity contribution in [3.63, 3.8) is 0 Å². The Labute approximate surface area is 728 Å². The van der Waals surface area contributed by atoms with E-state index in [0.29, 0.717) is 137 Å². The van der Waals surface area contributed by atoms with E-state index in [-0.39, 0.29) is 51.6 Å². The van der Waals surface area contributed by atoms with Gasteiger partial charge in [0.1, 0.15) is 11.5 Å². The molecule has 7 N–H and O–H groups in total. The van der Waals surface area contributed by atoms with Crippen molar-refractivity contribution in [1.82, 2.24) is 59.1 Å². The number of pyridine rings is 6. The fourth-order valence-electron chi connectivity index (χ4n) is 12.0. The lowest BCUT2D eigenvalue weighted by Gasteiger charge is -2.33. The quantitative estimate of drug-likeness (QED) is 0.0248. The maximum Gasteiger partial charge on any atom is 0.269 e. The molecule has 1 aliphatic rings.